The van der Waals surface area contributed by atoms with Crippen LogP contribution in [-0.4, -0.2) is 18.1 Å². The molecule has 0 fully saturated rings. The lowest BCUT2D eigenvalue weighted by Crippen LogP contribution is -2.11. The van der Waals surface area contributed by atoms with Crippen LogP contribution in [0.2, 0.25) is 0 Å². The standard InChI is InChI=1S/C12H22N2OS/c1-4-7-10-11(8-13-5-2)16-12(14-10)9-15-6-3/h13H,4-9H2,1-3H3. The van der Waals surface area contributed by atoms with Gasteiger partial charge in [-0.1, -0.05) is 20.3 Å². The van der Waals surface area contributed by atoms with Crippen LogP contribution < -0.4 is 5.32 Å². The molecule has 16 heavy (non-hydrogen) atoms. The highest BCUT2D eigenvalue weighted by Crippen LogP contribution is 2.20. The topological polar surface area (TPSA) is 34.1 Å². The SMILES string of the molecule is CCCc1nc(COCC)sc1CNCC. The Balaban J connectivity index is 2.65. The highest BCUT2D eigenvalue weighted by Gasteiger charge is 2.09. The third-order valence-electron chi connectivity index (χ3n) is 2.27. The first-order valence-electron chi connectivity index (χ1n) is 6.07. The first-order valence-corrected chi connectivity index (χ1v) is 6.89. The quantitative estimate of drug-likeness (QED) is 0.761. The minimum atomic E-state index is 0.657. The van der Waals surface area contributed by atoms with Gasteiger partial charge >= 0.3 is 0 Å². The molecule has 0 saturated carbocycles. The maximum Gasteiger partial charge on any atom is 0.119 e. The molecule has 0 spiro atoms. The van der Waals surface area contributed by atoms with Gasteiger partial charge in [0.1, 0.15) is 5.01 Å². The van der Waals surface area contributed by atoms with Gasteiger partial charge < -0.3 is 10.1 Å². The van der Waals surface area contributed by atoms with E-state index >= 15 is 0 Å². The van der Waals surface area contributed by atoms with Crippen molar-refractivity contribution >= 4 is 11.3 Å². The Morgan fingerprint density at radius 3 is 2.75 bits per heavy atom. The van der Waals surface area contributed by atoms with Crippen LogP contribution in [0.15, 0.2) is 0 Å². The summed E-state index contributed by atoms with van der Waals surface area (Å²) in [5.41, 5.74) is 1.25. The molecule has 0 aromatic carbocycles. The van der Waals surface area contributed by atoms with Crippen molar-refractivity contribution in [3.8, 4) is 0 Å². The lowest BCUT2D eigenvalue weighted by molar-refractivity contribution is 0.134. The van der Waals surface area contributed by atoms with E-state index in [2.05, 4.69) is 24.1 Å². The van der Waals surface area contributed by atoms with Crippen LogP contribution in [0.25, 0.3) is 0 Å². The molecule has 1 rings (SSSR count). The van der Waals surface area contributed by atoms with Gasteiger partial charge in [-0.3, -0.25) is 0 Å². The lowest BCUT2D eigenvalue weighted by Gasteiger charge is -2.00. The molecule has 1 aromatic heterocycles. The first kappa shape index (κ1) is 13.6. The van der Waals surface area contributed by atoms with E-state index in [1.54, 1.807) is 11.3 Å². The zero-order valence-electron chi connectivity index (χ0n) is 10.5. The molecule has 0 radical (unpaired) electrons. The second-order valence-electron chi connectivity index (χ2n) is 3.64. The molecule has 1 N–H and O–H groups in total. The van der Waals surface area contributed by atoms with Gasteiger partial charge in [-0.2, -0.15) is 0 Å². The molecule has 0 aliphatic heterocycles. The van der Waals surface area contributed by atoms with Gasteiger partial charge in [0.15, 0.2) is 0 Å². The molecule has 0 amide bonds. The predicted molar refractivity (Wildman–Crippen MR) is 68.8 cm³/mol. The van der Waals surface area contributed by atoms with Crippen LogP contribution in [0, 0.1) is 0 Å². The average molecular weight is 242 g/mol. The smallest absolute Gasteiger partial charge is 0.119 e. The summed E-state index contributed by atoms with van der Waals surface area (Å²) in [6, 6.07) is 0. The normalized spacial score (nSPS) is 10.9. The summed E-state index contributed by atoms with van der Waals surface area (Å²) in [5, 5.41) is 4.47. The van der Waals surface area contributed by atoms with Crippen molar-refractivity contribution in [2.24, 2.45) is 0 Å². The summed E-state index contributed by atoms with van der Waals surface area (Å²) in [6.07, 6.45) is 2.22. The molecule has 0 atom stereocenters. The van der Waals surface area contributed by atoms with Crippen molar-refractivity contribution in [2.45, 2.75) is 46.8 Å². The largest absolute Gasteiger partial charge is 0.375 e. The molecule has 0 aliphatic carbocycles. The summed E-state index contributed by atoms with van der Waals surface area (Å²) in [5.74, 6) is 0. The van der Waals surface area contributed by atoms with Crippen molar-refractivity contribution in [3.63, 3.8) is 0 Å². The van der Waals surface area contributed by atoms with Crippen molar-refractivity contribution in [1.82, 2.24) is 10.3 Å². The number of hydrogen-bond acceptors (Lipinski definition) is 4. The number of nitrogens with one attached hydrogen (secondary N) is 1. The summed E-state index contributed by atoms with van der Waals surface area (Å²) < 4.78 is 5.40. The monoisotopic (exact) mass is 242 g/mol. The number of thiazole rings is 1. The van der Waals surface area contributed by atoms with Gasteiger partial charge in [0, 0.05) is 18.0 Å². The Kier molecular flexibility index (Phi) is 6.61. The van der Waals surface area contributed by atoms with E-state index in [0.717, 1.165) is 37.5 Å². The van der Waals surface area contributed by atoms with Crippen molar-refractivity contribution in [1.29, 1.82) is 0 Å². The van der Waals surface area contributed by atoms with E-state index in [0.29, 0.717) is 6.61 Å². The Labute approximate surface area is 102 Å². The minimum Gasteiger partial charge on any atom is -0.375 e. The van der Waals surface area contributed by atoms with Crippen molar-refractivity contribution < 1.29 is 4.74 Å². The first-order chi connectivity index (χ1) is 7.81. The molecule has 1 aromatic rings. The number of aromatic nitrogens is 1. The number of hydrogen-bond donors (Lipinski definition) is 1. The summed E-state index contributed by atoms with van der Waals surface area (Å²) in [6.45, 7) is 9.69. The van der Waals surface area contributed by atoms with Crippen LogP contribution in [0.3, 0.4) is 0 Å². The van der Waals surface area contributed by atoms with E-state index in [-0.39, 0.29) is 0 Å². The Morgan fingerprint density at radius 1 is 1.31 bits per heavy atom. The van der Waals surface area contributed by atoms with Gasteiger partial charge in [-0.25, -0.2) is 4.98 Å². The fraction of sp³-hybridized carbons (Fsp3) is 0.750. The van der Waals surface area contributed by atoms with Crippen molar-refractivity contribution in [3.05, 3.63) is 15.6 Å². The van der Waals surface area contributed by atoms with Gasteiger partial charge in [-0.05, 0) is 19.9 Å². The molecular formula is C12H22N2OS. The number of rotatable bonds is 8. The molecule has 0 aliphatic rings. The summed E-state index contributed by atoms with van der Waals surface area (Å²) >= 11 is 1.78. The second-order valence-corrected chi connectivity index (χ2v) is 4.81. The number of ether oxygens (including phenoxy) is 1. The molecule has 4 heteroatoms. The summed E-state index contributed by atoms with van der Waals surface area (Å²) in [4.78, 5) is 6.02. The zero-order valence-corrected chi connectivity index (χ0v) is 11.3. The van der Waals surface area contributed by atoms with Gasteiger partial charge in [0.25, 0.3) is 0 Å². The van der Waals surface area contributed by atoms with Crippen LogP contribution in [0.4, 0.5) is 0 Å². The molecule has 0 unspecified atom stereocenters. The Hall–Kier alpha value is -0.450. The van der Waals surface area contributed by atoms with E-state index in [1.807, 2.05) is 6.92 Å². The fourth-order valence-corrected chi connectivity index (χ4v) is 2.52. The fourth-order valence-electron chi connectivity index (χ4n) is 1.50. The molecule has 1 heterocycles. The maximum atomic E-state index is 5.40. The summed E-state index contributed by atoms with van der Waals surface area (Å²) in [7, 11) is 0. The Morgan fingerprint density at radius 2 is 2.12 bits per heavy atom. The van der Waals surface area contributed by atoms with E-state index in [9.17, 15) is 0 Å². The highest BCUT2D eigenvalue weighted by molar-refractivity contribution is 7.11. The third-order valence-corrected chi connectivity index (χ3v) is 3.35. The minimum absolute atomic E-state index is 0.657. The van der Waals surface area contributed by atoms with Crippen LogP contribution >= 0.6 is 11.3 Å². The number of aryl methyl sites for hydroxylation is 1. The van der Waals surface area contributed by atoms with E-state index in [1.165, 1.54) is 10.6 Å². The predicted octanol–water partition coefficient (Wildman–Crippen LogP) is 2.74. The molecule has 3 nitrogen and oxygen atoms in total. The highest BCUT2D eigenvalue weighted by atomic mass is 32.1. The lowest BCUT2D eigenvalue weighted by atomic mass is 10.2. The van der Waals surface area contributed by atoms with E-state index < -0.39 is 0 Å². The van der Waals surface area contributed by atoms with Crippen molar-refractivity contribution in [2.75, 3.05) is 13.2 Å². The molecule has 0 saturated heterocycles. The molecule has 92 valence electrons. The average Bonchev–Trinajstić information content (AvgIpc) is 2.67. The van der Waals surface area contributed by atoms with Gasteiger partial charge in [0.05, 0.1) is 12.3 Å². The number of nitrogens with zero attached hydrogens (tertiary/aromatic N) is 1. The van der Waals surface area contributed by atoms with E-state index in [4.69, 9.17) is 4.74 Å². The maximum absolute atomic E-state index is 5.40. The van der Waals surface area contributed by atoms with Crippen LogP contribution in [-0.2, 0) is 24.3 Å². The van der Waals surface area contributed by atoms with Crippen LogP contribution in [0.5, 0.6) is 0 Å². The second kappa shape index (κ2) is 7.76. The Bertz CT molecular complexity index is 299. The molecular weight excluding hydrogens is 220 g/mol. The third kappa shape index (κ3) is 4.20. The molecule has 0 bridgehead atoms. The van der Waals surface area contributed by atoms with Gasteiger partial charge in [-0.15, -0.1) is 11.3 Å². The zero-order chi connectivity index (χ0) is 11.8. The van der Waals surface area contributed by atoms with Crippen LogP contribution in [0.1, 0.15) is 42.8 Å². The van der Waals surface area contributed by atoms with Gasteiger partial charge in [0.2, 0.25) is 0 Å².